The number of piperazine rings is 1. The average molecular weight is 381 g/mol. The van der Waals surface area contributed by atoms with E-state index >= 15 is 0 Å². The number of morpholine rings is 1. The molecular weight excluding hydrogens is 358 g/mol. The van der Waals surface area contributed by atoms with Crippen molar-refractivity contribution in [2.45, 2.75) is 17.9 Å². The van der Waals surface area contributed by atoms with Crippen LogP contribution in [-0.2, 0) is 19.6 Å². The summed E-state index contributed by atoms with van der Waals surface area (Å²) in [7, 11) is -3.64. The number of sulfonamides is 1. The molecule has 1 N–H and O–H groups in total. The first-order valence-electron chi connectivity index (χ1n) is 8.62. The van der Waals surface area contributed by atoms with Gasteiger partial charge in [0.25, 0.3) is 5.91 Å². The number of hydrogen-bond donors (Lipinski definition) is 1. The van der Waals surface area contributed by atoms with Crippen LogP contribution in [0.2, 0.25) is 0 Å². The first kappa shape index (κ1) is 19.0. The molecule has 26 heavy (non-hydrogen) atoms. The van der Waals surface area contributed by atoms with Gasteiger partial charge in [0.2, 0.25) is 10.0 Å². The Bertz CT molecular complexity index is 764. The molecule has 0 bridgehead atoms. The molecule has 2 fully saturated rings. The van der Waals surface area contributed by atoms with Crippen molar-refractivity contribution in [3.8, 4) is 0 Å². The van der Waals surface area contributed by atoms with E-state index < -0.39 is 16.1 Å². The molecule has 0 aliphatic carbocycles. The fourth-order valence-electron chi connectivity index (χ4n) is 3.09. The van der Waals surface area contributed by atoms with Crippen LogP contribution in [0.15, 0.2) is 29.2 Å². The second-order valence-corrected chi connectivity index (χ2v) is 8.31. The Balaban J connectivity index is 1.63. The molecule has 2 saturated heterocycles. The highest BCUT2D eigenvalue weighted by molar-refractivity contribution is 7.89. The molecule has 1 aromatic carbocycles. The highest BCUT2D eigenvalue weighted by atomic mass is 32.2. The molecule has 2 heterocycles. The molecule has 1 atom stereocenters. The number of rotatable bonds is 4. The Morgan fingerprint density at radius 1 is 1.12 bits per heavy atom. The fourth-order valence-corrected chi connectivity index (χ4v) is 4.51. The van der Waals surface area contributed by atoms with Crippen LogP contribution < -0.4 is 5.32 Å². The largest absolute Gasteiger partial charge is 0.366 e. The molecule has 3 rings (SSSR count). The van der Waals surface area contributed by atoms with Gasteiger partial charge in [-0.05, 0) is 19.1 Å². The van der Waals surface area contributed by atoms with E-state index in [1.54, 1.807) is 4.90 Å². The first-order chi connectivity index (χ1) is 12.4. The van der Waals surface area contributed by atoms with Gasteiger partial charge in [-0.15, -0.1) is 0 Å². The highest BCUT2D eigenvalue weighted by Gasteiger charge is 2.33. The van der Waals surface area contributed by atoms with Gasteiger partial charge in [0.05, 0.1) is 11.5 Å². The van der Waals surface area contributed by atoms with Gasteiger partial charge in [-0.25, -0.2) is 8.42 Å². The summed E-state index contributed by atoms with van der Waals surface area (Å²) in [6, 6.07) is 5.93. The van der Waals surface area contributed by atoms with E-state index in [4.69, 9.17) is 4.74 Å². The maximum Gasteiger partial charge on any atom is 0.253 e. The number of nitrogens with one attached hydrogen (secondary N) is 1. The molecule has 0 aromatic heterocycles. The molecule has 0 saturated carbocycles. The van der Waals surface area contributed by atoms with Crippen LogP contribution in [0.4, 0.5) is 0 Å². The number of ketones is 1. The topological polar surface area (TPSA) is 96.0 Å². The van der Waals surface area contributed by atoms with E-state index in [2.05, 4.69) is 5.32 Å². The molecule has 0 radical (unpaired) electrons. The third-order valence-electron chi connectivity index (χ3n) is 4.65. The lowest BCUT2D eigenvalue weighted by atomic mass is 10.2. The number of carbonyl (C=O) groups is 2. The zero-order valence-electron chi connectivity index (χ0n) is 14.7. The van der Waals surface area contributed by atoms with Crippen molar-refractivity contribution in [2.24, 2.45) is 0 Å². The third kappa shape index (κ3) is 3.96. The summed E-state index contributed by atoms with van der Waals surface area (Å²) >= 11 is 0. The number of carbonyl (C=O) groups excluding carboxylic acids is 2. The zero-order chi connectivity index (χ0) is 18.7. The minimum atomic E-state index is -3.64. The summed E-state index contributed by atoms with van der Waals surface area (Å²) in [5.74, 6) is -0.208. The lowest BCUT2D eigenvalue weighted by Crippen LogP contribution is -2.55. The van der Waals surface area contributed by atoms with Crippen molar-refractivity contribution in [1.29, 1.82) is 0 Å². The van der Waals surface area contributed by atoms with Crippen LogP contribution in [0, 0.1) is 0 Å². The van der Waals surface area contributed by atoms with E-state index in [0.717, 1.165) is 6.54 Å². The summed E-state index contributed by atoms with van der Waals surface area (Å²) in [4.78, 5) is 25.6. The van der Waals surface area contributed by atoms with Gasteiger partial charge in [0.15, 0.2) is 5.78 Å². The SMILES string of the molecule is CC(=O)c1ccc(S(=O)(=O)N2CCN(C(=O)C3CNCCO3)CC2)cc1. The molecule has 1 aromatic rings. The Labute approximate surface area is 153 Å². The normalized spacial score (nSPS) is 22.2. The van der Waals surface area contributed by atoms with Gasteiger partial charge in [-0.1, -0.05) is 12.1 Å². The van der Waals surface area contributed by atoms with E-state index in [1.807, 2.05) is 0 Å². The minimum Gasteiger partial charge on any atom is -0.366 e. The maximum atomic E-state index is 12.7. The maximum absolute atomic E-state index is 12.7. The molecule has 9 heteroatoms. The van der Waals surface area contributed by atoms with E-state index in [-0.39, 0.29) is 29.7 Å². The fraction of sp³-hybridized carbons (Fsp3) is 0.529. The monoisotopic (exact) mass is 381 g/mol. The summed E-state index contributed by atoms with van der Waals surface area (Å²) < 4.78 is 32.3. The van der Waals surface area contributed by atoms with Crippen molar-refractivity contribution >= 4 is 21.7 Å². The minimum absolute atomic E-state index is 0.0972. The van der Waals surface area contributed by atoms with E-state index in [9.17, 15) is 18.0 Å². The highest BCUT2D eigenvalue weighted by Crippen LogP contribution is 2.19. The molecule has 2 aliphatic rings. The predicted molar refractivity (Wildman–Crippen MR) is 94.4 cm³/mol. The number of ether oxygens (including phenoxy) is 1. The standard InChI is InChI=1S/C17H23N3O5S/c1-13(21)14-2-4-15(5-3-14)26(23,24)20-9-7-19(8-10-20)17(22)16-12-18-6-11-25-16/h2-5,16,18H,6-12H2,1H3. The molecule has 142 valence electrons. The van der Waals surface area contributed by atoms with Crippen molar-refractivity contribution in [3.05, 3.63) is 29.8 Å². The molecule has 1 unspecified atom stereocenters. The Kier molecular flexibility index (Phi) is 5.71. The first-order valence-corrected chi connectivity index (χ1v) is 10.1. The van der Waals surface area contributed by atoms with Crippen molar-refractivity contribution in [1.82, 2.24) is 14.5 Å². The molecule has 0 spiro atoms. The molecular formula is C17H23N3O5S. The molecule has 8 nitrogen and oxygen atoms in total. The van der Waals surface area contributed by atoms with Crippen LogP contribution in [0.1, 0.15) is 17.3 Å². The Hall–Kier alpha value is -1.81. The van der Waals surface area contributed by atoms with Gasteiger partial charge >= 0.3 is 0 Å². The number of hydrogen-bond acceptors (Lipinski definition) is 6. The van der Waals surface area contributed by atoms with Crippen molar-refractivity contribution in [3.63, 3.8) is 0 Å². The Morgan fingerprint density at radius 2 is 1.77 bits per heavy atom. The van der Waals surface area contributed by atoms with Gasteiger partial charge < -0.3 is 15.0 Å². The number of amides is 1. The van der Waals surface area contributed by atoms with Gasteiger partial charge in [-0.3, -0.25) is 9.59 Å². The van der Waals surface area contributed by atoms with Gasteiger partial charge in [-0.2, -0.15) is 4.31 Å². The number of benzene rings is 1. The van der Waals surface area contributed by atoms with Crippen LogP contribution in [0.3, 0.4) is 0 Å². The second-order valence-electron chi connectivity index (χ2n) is 6.37. The van der Waals surface area contributed by atoms with Crippen LogP contribution >= 0.6 is 0 Å². The van der Waals surface area contributed by atoms with Crippen molar-refractivity contribution in [2.75, 3.05) is 45.9 Å². The molecule has 1 amide bonds. The third-order valence-corrected chi connectivity index (χ3v) is 6.56. The predicted octanol–water partition coefficient (Wildman–Crippen LogP) is -0.289. The second kappa shape index (κ2) is 7.83. The van der Waals surface area contributed by atoms with Gasteiger partial charge in [0.1, 0.15) is 6.10 Å². The summed E-state index contributed by atoms with van der Waals surface area (Å²) in [5, 5.41) is 3.12. The summed E-state index contributed by atoms with van der Waals surface area (Å²) in [6.07, 6.45) is -0.494. The van der Waals surface area contributed by atoms with Crippen LogP contribution in [-0.4, -0.2) is 81.3 Å². The zero-order valence-corrected chi connectivity index (χ0v) is 15.5. The lowest BCUT2D eigenvalue weighted by Gasteiger charge is -2.36. The molecule has 2 aliphatic heterocycles. The number of Topliss-reactive ketones (excluding diaryl/α,β-unsaturated/α-hetero) is 1. The van der Waals surface area contributed by atoms with Gasteiger partial charge in [0, 0.05) is 44.8 Å². The van der Waals surface area contributed by atoms with Crippen molar-refractivity contribution < 1.29 is 22.7 Å². The average Bonchev–Trinajstić information content (AvgIpc) is 2.68. The Morgan fingerprint density at radius 3 is 2.31 bits per heavy atom. The van der Waals surface area contributed by atoms with E-state index in [1.165, 1.54) is 35.5 Å². The van der Waals surface area contributed by atoms with E-state index in [0.29, 0.717) is 31.8 Å². The lowest BCUT2D eigenvalue weighted by molar-refractivity contribution is -0.146. The summed E-state index contributed by atoms with van der Waals surface area (Å²) in [6.45, 7) is 4.31. The quantitative estimate of drug-likeness (QED) is 0.720. The van der Waals surface area contributed by atoms with Crippen LogP contribution in [0.5, 0.6) is 0 Å². The summed E-state index contributed by atoms with van der Waals surface area (Å²) in [5.41, 5.74) is 0.473. The number of nitrogens with zero attached hydrogens (tertiary/aromatic N) is 2. The smallest absolute Gasteiger partial charge is 0.253 e. The van der Waals surface area contributed by atoms with Crippen LogP contribution in [0.25, 0.3) is 0 Å².